The molecule has 0 radical (unpaired) electrons. The number of fused-ring (bicyclic) bond motifs is 5. The normalized spacial score (nSPS) is 18.8. The summed E-state index contributed by atoms with van der Waals surface area (Å²) >= 11 is 0. The number of carbonyl (C=O) groups excluding carboxylic acids is 2. The van der Waals surface area contributed by atoms with Gasteiger partial charge in [0.25, 0.3) is 5.91 Å². The van der Waals surface area contributed by atoms with Crippen LogP contribution < -0.4 is 16.0 Å². The highest BCUT2D eigenvalue weighted by Gasteiger charge is 2.41. The Hall–Kier alpha value is -4.53. The number of nitrogens with one attached hydrogen (secondary N) is 3. The van der Waals surface area contributed by atoms with Gasteiger partial charge in [0.2, 0.25) is 5.91 Å². The number of allylic oxidation sites excluding steroid dienone is 11. The second-order valence-corrected chi connectivity index (χ2v) is 22.7. The summed E-state index contributed by atoms with van der Waals surface area (Å²) in [4.78, 5) is 42.7. The molecule has 6 rings (SSSR count). The number of hydrogen-bond acceptors (Lipinski definition) is 7. The van der Waals surface area contributed by atoms with Crippen molar-refractivity contribution in [1.82, 2.24) is 16.0 Å². The molecule has 0 saturated carbocycles. The molecule has 0 aromatic heterocycles. The molecule has 74 heavy (non-hydrogen) atoms. The lowest BCUT2D eigenvalue weighted by atomic mass is 9.86. The molecule has 6 aliphatic rings. The van der Waals surface area contributed by atoms with Crippen LogP contribution in [-0.2, 0) is 9.59 Å². The minimum atomic E-state index is -0.102. The number of rotatable bonds is 38. The van der Waals surface area contributed by atoms with Crippen LogP contribution in [0.4, 0.5) is 0 Å². The topological polar surface area (TPSA) is 128 Å². The largest absolute Gasteiger partial charge is 0.511 e. The number of aliphatic hydroxyl groups excluding tert-OH is 1. The maximum Gasteiger partial charge on any atom is 0.253 e. The summed E-state index contributed by atoms with van der Waals surface area (Å²) in [5.74, 6) is 0.344. The van der Waals surface area contributed by atoms with E-state index in [1.165, 1.54) is 180 Å². The Morgan fingerprint density at radius 2 is 1.11 bits per heavy atom. The molecule has 0 aromatic rings. The van der Waals surface area contributed by atoms with Crippen molar-refractivity contribution in [3.05, 3.63) is 92.5 Å². The van der Waals surface area contributed by atoms with Gasteiger partial charge in [-0.05, 0) is 74.6 Å². The van der Waals surface area contributed by atoms with Crippen LogP contribution in [0.1, 0.15) is 259 Å². The van der Waals surface area contributed by atoms with Crippen LogP contribution in [0.15, 0.2) is 107 Å². The van der Waals surface area contributed by atoms with Crippen molar-refractivity contribution in [2.24, 2.45) is 26.8 Å². The number of hydrogen-bond donors (Lipinski definition) is 4. The quantitative estimate of drug-likeness (QED) is 0.0459. The Kier molecular flexibility index (Phi) is 26.0. The van der Waals surface area contributed by atoms with Crippen LogP contribution in [0, 0.1) is 11.8 Å². The highest BCUT2D eigenvalue weighted by molar-refractivity contribution is 6.22. The van der Waals surface area contributed by atoms with E-state index in [1.807, 2.05) is 38.2 Å². The third-order valence-corrected chi connectivity index (χ3v) is 16.6. The highest BCUT2D eigenvalue weighted by Crippen LogP contribution is 2.46. The molecule has 5 heterocycles. The summed E-state index contributed by atoms with van der Waals surface area (Å²) in [5.41, 5.74) is 10.6. The molecule has 2 amide bonds. The summed E-state index contributed by atoms with van der Waals surface area (Å²) < 4.78 is 0. The predicted octanol–water partition coefficient (Wildman–Crippen LogP) is 17.0. The zero-order valence-corrected chi connectivity index (χ0v) is 47.3. The monoisotopic (exact) mass is 1010 g/mol. The first-order valence-electron chi connectivity index (χ1n) is 30.7. The molecule has 1 fully saturated rings. The smallest absolute Gasteiger partial charge is 0.253 e. The molecule has 9 heteroatoms. The lowest BCUT2D eigenvalue weighted by Crippen LogP contribution is -2.27. The molecule has 408 valence electrons. The third kappa shape index (κ3) is 18.3. The van der Waals surface area contributed by atoms with E-state index in [0.717, 1.165) is 87.9 Å². The van der Waals surface area contributed by atoms with Crippen LogP contribution in [0.2, 0.25) is 0 Å². The van der Waals surface area contributed by atoms with Crippen LogP contribution in [0.3, 0.4) is 0 Å². The molecule has 0 aromatic carbocycles. The van der Waals surface area contributed by atoms with Gasteiger partial charge in [-0.3, -0.25) is 9.59 Å². The van der Waals surface area contributed by atoms with Crippen molar-refractivity contribution in [2.45, 2.75) is 259 Å². The summed E-state index contributed by atoms with van der Waals surface area (Å²) in [6.45, 7) is 12.2. The Bertz CT molecular complexity index is 2220. The van der Waals surface area contributed by atoms with E-state index in [-0.39, 0.29) is 23.7 Å². The van der Waals surface area contributed by atoms with Crippen LogP contribution in [0.25, 0.3) is 0 Å². The number of unbranched alkanes of at least 4 members (excludes halogenated alkanes) is 30. The molecule has 8 bridgehead atoms. The minimum absolute atomic E-state index is 0.000851. The zero-order chi connectivity index (χ0) is 52.3. The molecule has 1 aliphatic carbocycles. The van der Waals surface area contributed by atoms with E-state index in [1.54, 1.807) is 0 Å². The number of amides is 2. The van der Waals surface area contributed by atoms with Crippen molar-refractivity contribution in [2.75, 3.05) is 13.1 Å². The molecular weight excluding hydrogens is 913 g/mol. The standard InChI is InChI=1S/C65H100N6O3/c1-6-8-10-12-14-16-18-20-22-24-26-28-30-32-34-36-42-66-60(73)41-40-53-48(3)56-47-57-49(4)61(65(74)67-43-37-35-33-31-29-27-25-23-21-19-17-15-13-11-9-7-2)58(69-57)45-52-39-38-51(68-52)44-55-50(5)62-59(72)46-54(63(53)70-56)64(62)71-55/h38-39,44-45,47-48,53,70,72H,6-37,40-43,46H2,1-5H3,(H,66,73)(H,67,74)/t48-,53-/m0/s1. The highest BCUT2D eigenvalue weighted by atomic mass is 16.3. The van der Waals surface area contributed by atoms with Gasteiger partial charge < -0.3 is 21.1 Å². The van der Waals surface area contributed by atoms with E-state index >= 15 is 0 Å². The first kappa shape index (κ1) is 58.7. The zero-order valence-electron chi connectivity index (χ0n) is 47.3. The molecule has 0 unspecified atom stereocenters. The van der Waals surface area contributed by atoms with Gasteiger partial charge in [0, 0.05) is 60.3 Å². The Morgan fingerprint density at radius 1 is 0.608 bits per heavy atom. The fourth-order valence-electron chi connectivity index (χ4n) is 11.9. The van der Waals surface area contributed by atoms with Crippen LogP contribution in [0.5, 0.6) is 0 Å². The first-order valence-corrected chi connectivity index (χ1v) is 30.7. The number of carbonyl (C=O) groups is 2. The van der Waals surface area contributed by atoms with Gasteiger partial charge in [-0.2, -0.15) is 0 Å². The van der Waals surface area contributed by atoms with Crippen molar-refractivity contribution in [1.29, 1.82) is 0 Å². The van der Waals surface area contributed by atoms with Gasteiger partial charge in [-0.15, -0.1) is 0 Å². The second kappa shape index (κ2) is 32.8. The fourth-order valence-corrected chi connectivity index (χ4v) is 11.9. The molecular formula is C65H100N6O3. The van der Waals surface area contributed by atoms with Crippen LogP contribution in [-0.4, -0.2) is 47.1 Å². The average Bonchev–Trinajstić information content (AvgIpc) is 4.20. The van der Waals surface area contributed by atoms with Gasteiger partial charge in [-0.25, -0.2) is 15.0 Å². The van der Waals surface area contributed by atoms with E-state index in [9.17, 15) is 14.7 Å². The molecule has 1 saturated heterocycles. The Balaban J connectivity index is 0.995. The molecule has 9 nitrogen and oxygen atoms in total. The molecule has 4 N–H and O–H groups in total. The molecule has 0 spiro atoms. The summed E-state index contributed by atoms with van der Waals surface area (Å²) in [6.07, 6.45) is 53.8. The van der Waals surface area contributed by atoms with Crippen molar-refractivity contribution < 1.29 is 14.7 Å². The van der Waals surface area contributed by atoms with Crippen LogP contribution >= 0.6 is 0 Å². The summed E-state index contributed by atoms with van der Waals surface area (Å²) in [5, 5.41) is 21.8. The van der Waals surface area contributed by atoms with Crippen molar-refractivity contribution in [3.8, 4) is 0 Å². The SMILES string of the molecule is CCCCCCCCCCCCCCCCCCNC(=O)CC[C@@H]1C2=C3CC(O)=C4C3=NC(=C4C)C=C3C=CC(=N3)C=C3N=C(C=C(N2)[C@H]1C)C(C)=C3C(=O)NCCCCCCCCCCCCCCCCCC. The maximum atomic E-state index is 14.1. The second-order valence-electron chi connectivity index (χ2n) is 22.7. The molecule has 5 aliphatic heterocycles. The predicted molar refractivity (Wildman–Crippen MR) is 313 cm³/mol. The summed E-state index contributed by atoms with van der Waals surface area (Å²) in [6, 6.07) is 0. The molecule has 2 atom stereocenters. The van der Waals surface area contributed by atoms with Gasteiger partial charge in [0.1, 0.15) is 5.76 Å². The number of nitrogens with zero attached hydrogens (tertiary/aromatic N) is 3. The number of aliphatic imine (C=N–C) groups is 3. The van der Waals surface area contributed by atoms with E-state index < -0.39 is 0 Å². The fraction of sp³-hybridized carbons (Fsp3) is 0.677. The maximum absolute atomic E-state index is 14.1. The van der Waals surface area contributed by atoms with Crippen molar-refractivity contribution in [3.63, 3.8) is 0 Å². The van der Waals surface area contributed by atoms with E-state index in [2.05, 4.69) is 42.8 Å². The van der Waals surface area contributed by atoms with Gasteiger partial charge in [0.15, 0.2) is 0 Å². The van der Waals surface area contributed by atoms with Gasteiger partial charge in [-0.1, -0.05) is 213 Å². The Labute approximate surface area is 449 Å². The van der Waals surface area contributed by atoms with Gasteiger partial charge in [0.05, 0.1) is 39.8 Å². The lowest BCUT2D eigenvalue weighted by Gasteiger charge is -2.18. The average molecular weight is 1010 g/mol. The van der Waals surface area contributed by atoms with E-state index in [0.29, 0.717) is 49.4 Å². The van der Waals surface area contributed by atoms with Gasteiger partial charge >= 0.3 is 0 Å². The summed E-state index contributed by atoms with van der Waals surface area (Å²) in [7, 11) is 0. The Morgan fingerprint density at radius 3 is 1.64 bits per heavy atom. The van der Waals surface area contributed by atoms with E-state index in [4.69, 9.17) is 15.0 Å². The first-order chi connectivity index (χ1) is 36.2. The lowest BCUT2D eigenvalue weighted by molar-refractivity contribution is -0.121. The third-order valence-electron chi connectivity index (χ3n) is 16.6. The van der Waals surface area contributed by atoms with Crippen molar-refractivity contribution >= 4 is 28.9 Å². The number of aliphatic hydroxyl groups is 1. The minimum Gasteiger partial charge on any atom is -0.511 e.